The van der Waals surface area contributed by atoms with Crippen LogP contribution in [0.3, 0.4) is 0 Å². The number of fused-ring (bicyclic) bond motifs is 1. The van der Waals surface area contributed by atoms with E-state index in [9.17, 15) is 17.6 Å². The molecular formula is C25H24FIN4O4S. The van der Waals surface area contributed by atoms with Crippen LogP contribution in [0.25, 0.3) is 10.9 Å². The number of hydrogen-bond acceptors (Lipinski definition) is 6. The lowest BCUT2D eigenvalue weighted by atomic mass is 10.2. The first kappa shape index (κ1) is 26.0. The number of benzene rings is 2. The van der Waals surface area contributed by atoms with Crippen LogP contribution in [0.5, 0.6) is 0 Å². The molecule has 0 radical (unpaired) electrons. The molecule has 2 heterocycles. The Balaban J connectivity index is 1.89. The number of pyridine rings is 1. The van der Waals surface area contributed by atoms with Crippen LogP contribution in [0.2, 0.25) is 0 Å². The lowest BCUT2D eigenvalue weighted by molar-refractivity contribution is 0.0516. The lowest BCUT2D eigenvalue weighted by Crippen LogP contribution is -2.22. The van der Waals surface area contributed by atoms with E-state index in [4.69, 9.17) is 4.74 Å². The van der Waals surface area contributed by atoms with Crippen molar-refractivity contribution < 1.29 is 22.3 Å². The molecule has 188 valence electrons. The first-order valence-electron chi connectivity index (χ1n) is 11.0. The van der Waals surface area contributed by atoms with Crippen molar-refractivity contribution in [2.24, 2.45) is 0 Å². The lowest BCUT2D eigenvalue weighted by Gasteiger charge is -2.15. The van der Waals surface area contributed by atoms with Crippen molar-refractivity contribution in [2.75, 3.05) is 26.0 Å². The van der Waals surface area contributed by atoms with Crippen molar-refractivity contribution in [2.45, 2.75) is 18.4 Å². The van der Waals surface area contributed by atoms with Crippen molar-refractivity contribution >= 4 is 60.9 Å². The minimum Gasteiger partial charge on any atom is -0.461 e. The molecule has 11 heteroatoms. The Morgan fingerprint density at radius 1 is 1.19 bits per heavy atom. The quantitative estimate of drug-likeness (QED) is 0.220. The number of aromatic nitrogens is 2. The van der Waals surface area contributed by atoms with Gasteiger partial charge in [0.05, 0.1) is 28.4 Å². The summed E-state index contributed by atoms with van der Waals surface area (Å²) in [5.74, 6) is -1.07. The maximum Gasteiger partial charge on any atom is 0.357 e. The summed E-state index contributed by atoms with van der Waals surface area (Å²) in [5, 5.41) is 3.66. The molecule has 36 heavy (non-hydrogen) atoms. The first-order valence-corrected chi connectivity index (χ1v) is 13.5. The van der Waals surface area contributed by atoms with Gasteiger partial charge in [-0.05, 0) is 71.5 Å². The highest BCUT2D eigenvalue weighted by Crippen LogP contribution is 2.35. The van der Waals surface area contributed by atoms with Crippen LogP contribution in [-0.4, -0.2) is 48.9 Å². The van der Waals surface area contributed by atoms with Gasteiger partial charge in [-0.2, -0.15) is 0 Å². The van der Waals surface area contributed by atoms with Gasteiger partial charge in [-0.1, -0.05) is 12.1 Å². The van der Waals surface area contributed by atoms with E-state index in [2.05, 4.69) is 10.3 Å². The highest BCUT2D eigenvalue weighted by molar-refractivity contribution is 14.1. The summed E-state index contributed by atoms with van der Waals surface area (Å²) in [6.45, 7) is 2.02. The summed E-state index contributed by atoms with van der Waals surface area (Å²) in [4.78, 5) is 17.5. The van der Waals surface area contributed by atoms with E-state index in [1.807, 2.05) is 22.6 Å². The minimum absolute atomic E-state index is 0.139. The molecule has 0 fully saturated rings. The molecular weight excluding hydrogens is 598 g/mol. The van der Waals surface area contributed by atoms with Gasteiger partial charge in [-0.3, -0.25) is 4.98 Å². The molecule has 0 bridgehead atoms. The third-order valence-corrected chi connectivity index (χ3v) is 8.02. The van der Waals surface area contributed by atoms with E-state index in [0.717, 1.165) is 7.88 Å². The zero-order chi connectivity index (χ0) is 26.0. The van der Waals surface area contributed by atoms with E-state index < -0.39 is 21.8 Å². The Morgan fingerprint density at radius 3 is 2.67 bits per heavy atom. The normalized spacial score (nSPS) is 11.7. The van der Waals surface area contributed by atoms with Crippen molar-refractivity contribution in [1.82, 2.24) is 13.9 Å². The average molecular weight is 622 g/mol. The largest absolute Gasteiger partial charge is 0.461 e. The molecule has 0 saturated carbocycles. The standard InChI is InChI=1S/C25H24FIN4O4S/c1-4-35-25(32)24-23(29-21-9-8-17(27)13-20(21)26)19-14-28-11-10-22(19)31(24)15-16-6-5-7-18(12-16)36(33,34)30(2)3/h5-14,29H,4,15H2,1-3H3. The van der Waals surface area contributed by atoms with Gasteiger partial charge in [0.25, 0.3) is 0 Å². The maximum atomic E-state index is 14.7. The van der Waals surface area contributed by atoms with Gasteiger partial charge in [0, 0.05) is 42.0 Å². The van der Waals surface area contributed by atoms with Crippen molar-refractivity contribution in [3.05, 3.63) is 81.6 Å². The topological polar surface area (TPSA) is 93.5 Å². The summed E-state index contributed by atoms with van der Waals surface area (Å²) in [5.41, 5.74) is 2.04. The Kier molecular flexibility index (Phi) is 7.62. The molecule has 0 spiro atoms. The van der Waals surface area contributed by atoms with E-state index in [1.54, 1.807) is 60.3 Å². The van der Waals surface area contributed by atoms with Crippen LogP contribution < -0.4 is 5.32 Å². The summed E-state index contributed by atoms with van der Waals surface area (Å²) in [6.07, 6.45) is 3.18. The molecule has 8 nitrogen and oxygen atoms in total. The van der Waals surface area contributed by atoms with E-state index >= 15 is 0 Å². The molecule has 0 unspecified atom stereocenters. The Hall–Kier alpha value is -3.03. The summed E-state index contributed by atoms with van der Waals surface area (Å²) >= 11 is 2.02. The van der Waals surface area contributed by atoms with Crippen LogP contribution in [0.1, 0.15) is 23.0 Å². The van der Waals surface area contributed by atoms with Gasteiger partial charge < -0.3 is 14.6 Å². The number of carbonyl (C=O) groups excluding carboxylic acids is 1. The van der Waals surface area contributed by atoms with Crippen LogP contribution in [0, 0.1) is 9.39 Å². The number of anilines is 2. The van der Waals surface area contributed by atoms with Crippen molar-refractivity contribution in [1.29, 1.82) is 0 Å². The Morgan fingerprint density at radius 2 is 1.97 bits per heavy atom. The number of sulfonamides is 1. The number of ether oxygens (including phenoxy) is 1. The smallest absolute Gasteiger partial charge is 0.357 e. The zero-order valence-corrected chi connectivity index (χ0v) is 22.8. The third-order valence-electron chi connectivity index (χ3n) is 5.54. The summed E-state index contributed by atoms with van der Waals surface area (Å²) < 4.78 is 49.0. The van der Waals surface area contributed by atoms with Gasteiger partial charge in [-0.15, -0.1) is 0 Å². The van der Waals surface area contributed by atoms with Crippen LogP contribution in [0.15, 0.2) is 65.8 Å². The van der Waals surface area contributed by atoms with Crippen LogP contribution in [0.4, 0.5) is 15.8 Å². The fraction of sp³-hybridized carbons (Fsp3) is 0.200. The fourth-order valence-corrected chi connectivity index (χ4v) is 5.25. The summed E-state index contributed by atoms with van der Waals surface area (Å²) in [7, 11) is -0.711. The summed E-state index contributed by atoms with van der Waals surface area (Å²) in [6, 6.07) is 13.0. The number of halogens is 2. The predicted octanol–water partition coefficient (Wildman–Crippen LogP) is 5.00. The molecule has 4 aromatic rings. The predicted molar refractivity (Wildman–Crippen MR) is 145 cm³/mol. The average Bonchev–Trinajstić information content (AvgIpc) is 3.14. The number of esters is 1. The highest BCUT2D eigenvalue weighted by Gasteiger charge is 2.26. The number of nitrogens with one attached hydrogen (secondary N) is 1. The third kappa shape index (κ3) is 5.08. The van der Waals surface area contributed by atoms with Gasteiger partial charge >= 0.3 is 5.97 Å². The van der Waals surface area contributed by atoms with E-state index in [0.29, 0.717) is 22.2 Å². The van der Waals surface area contributed by atoms with Gasteiger partial charge in [0.1, 0.15) is 5.82 Å². The SMILES string of the molecule is CCOC(=O)c1c(Nc2ccc(I)cc2F)c2cnccc2n1Cc1cccc(S(=O)(=O)N(C)C)c1. The minimum atomic E-state index is -3.65. The molecule has 1 N–H and O–H groups in total. The molecule has 0 amide bonds. The second-order valence-corrected chi connectivity index (χ2v) is 11.5. The molecule has 0 atom stereocenters. The van der Waals surface area contributed by atoms with Crippen molar-refractivity contribution in [3.63, 3.8) is 0 Å². The molecule has 0 aliphatic heterocycles. The monoisotopic (exact) mass is 622 g/mol. The van der Waals surface area contributed by atoms with Crippen LogP contribution >= 0.6 is 22.6 Å². The first-order chi connectivity index (χ1) is 17.1. The number of rotatable bonds is 8. The molecule has 0 saturated heterocycles. The Bertz CT molecular complexity index is 1550. The second-order valence-electron chi connectivity index (χ2n) is 8.11. The molecule has 0 aliphatic carbocycles. The van der Waals surface area contributed by atoms with E-state index in [-0.39, 0.29) is 29.4 Å². The van der Waals surface area contributed by atoms with Crippen molar-refractivity contribution in [3.8, 4) is 0 Å². The maximum absolute atomic E-state index is 14.7. The Labute approximate surface area is 222 Å². The fourth-order valence-electron chi connectivity index (χ4n) is 3.82. The van der Waals surface area contributed by atoms with Crippen LogP contribution in [-0.2, 0) is 21.3 Å². The number of hydrogen-bond donors (Lipinski definition) is 1. The van der Waals surface area contributed by atoms with Gasteiger partial charge in [0.2, 0.25) is 10.0 Å². The molecule has 2 aromatic heterocycles. The highest BCUT2D eigenvalue weighted by atomic mass is 127. The van der Waals surface area contributed by atoms with Gasteiger partial charge in [-0.25, -0.2) is 21.9 Å². The molecule has 0 aliphatic rings. The molecule has 4 rings (SSSR count). The van der Waals surface area contributed by atoms with E-state index in [1.165, 1.54) is 26.2 Å². The van der Waals surface area contributed by atoms with Gasteiger partial charge in [0.15, 0.2) is 5.69 Å². The second kappa shape index (κ2) is 10.5. The number of carbonyl (C=O) groups is 1. The number of nitrogens with zero attached hydrogens (tertiary/aromatic N) is 3. The molecule has 2 aromatic carbocycles. The zero-order valence-electron chi connectivity index (χ0n) is 19.8.